The maximum atomic E-state index is 13.6. The van der Waals surface area contributed by atoms with Crippen molar-refractivity contribution in [2.45, 2.75) is 31.5 Å². The van der Waals surface area contributed by atoms with Crippen molar-refractivity contribution >= 4 is 5.82 Å². The minimum Gasteiger partial charge on any atom is -0.392 e. The molecule has 3 rings (SSSR count). The van der Waals surface area contributed by atoms with E-state index in [1.807, 2.05) is 4.90 Å². The van der Waals surface area contributed by atoms with Gasteiger partial charge in [-0.2, -0.15) is 0 Å². The van der Waals surface area contributed by atoms with Crippen molar-refractivity contribution in [2.75, 3.05) is 18.0 Å². The Balaban J connectivity index is 1.73. The molecule has 2 atom stereocenters. The molecule has 1 saturated carbocycles. The van der Waals surface area contributed by atoms with Crippen LogP contribution in [0.3, 0.4) is 0 Å². The molecule has 1 aliphatic heterocycles. The number of rotatable bonds is 1. The fourth-order valence-corrected chi connectivity index (χ4v) is 3.15. The van der Waals surface area contributed by atoms with Crippen LogP contribution in [0.5, 0.6) is 0 Å². The zero-order valence-corrected chi connectivity index (χ0v) is 10.1. The summed E-state index contributed by atoms with van der Waals surface area (Å²) in [7, 11) is 0. The van der Waals surface area contributed by atoms with Crippen molar-refractivity contribution in [3.8, 4) is 0 Å². The second-order valence-electron chi connectivity index (χ2n) is 5.30. The smallest absolute Gasteiger partial charge is 0.165 e. The first-order chi connectivity index (χ1) is 8.63. The molecule has 0 aromatic carbocycles. The Hall–Kier alpha value is -1.20. The Bertz CT molecular complexity index is 436. The summed E-state index contributed by atoms with van der Waals surface area (Å²) in [5.41, 5.74) is -0.359. The highest BCUT2D eigenvalue weighted by Crippen LogP contribution is 2.49. The fourth-order valence-electron chi connectivity index (χ4n) is 3.15. The van der Waals surface area contributed by atoms with Crippen molar-refractivity contribution in [1.29, 1.82) is 0 Å². The van der Waals surface area contributed by atoms with E-state index in [4.69, 9.17) is 0 Å². The monoisotopic (exact) mass is 252 g/mol. The van der Waals surface area contributed by atoms with E-state index in [-0.39, 0.29) is 11.2 Å². The van der Waals surface area contributed by atoms with E-state index in [2.05, 4.69) is 4.98 Å². The summed E-state index contributed by atoms with van der Waals surface area (Å²) in [6.45, 7) is 1.25. The van der Waals surface area contributed by atoms with Gasteiger partial charge in [-0.1, -0.05) is 0 Å². The molecule has 2 heterocycles. The van der Waals surface area contributed by atoms with Crippen molar-refractivity contribution in [2.24, 2.45) is 5.41 Å². The number of aliphatic hydroxyl groups excluding tert-OH is 2. The van der Waals surface area contributed by atoms with E-state index < -0.39 is 12.2 Å². The molecule has 0 unspecified atom stereocenters. The molecule has 1 aliphatic carbocycles. The molecule has 18 heavy (non-hydrogen) atoms. The minimum atomic E-state index is -0.414. The largest absolute Gasteiger partial charge is 0.392 e. The van der Waals surface area contributed by atoms with Gasteiger partial charge in [0, 0.05) is 31.1 Å². The van der Waals surface area contributed by atoms with Gasteiger partial charge in [-0.3, -0.25) is 0 Å². The van der Waals surface area contributed by atoms with E-state index in [1.54, 1.807) is 12.3 Å². The molecule has 1 aromatic rings. The van der Waals surface area contributed by atoms with Crippen LogP contribution in [0.25, 0.3) is 0 Å². The van der Waals surface area contributed by atoms with Crippen LogP contribution < -0.4 is 4.90 Å². The van der Waals surface area contributed by atoms with Crippen LogP contribution >= 0.6 is 0 Å². The van der Waals surface area contributed by atoms with Gasteiger partial charge in [0.15, 0.2) is 11.6 Å². The molecule has 0 radical (unpaired) electrons. The highest BCUT2D eigenvalue weighted by Gasteiger charge is 2.54. The molecule has 1 spiro atoms. The van der Waals surface area contributed by atoms with Crippen molar-refractivity contribution in [1.82, 2.24) is 4.98 Å². The second kappa shape index (κ2) is 4.17. The van der Waals surface area contributed by atoms with Gasteiger partial charge in [0.05, 0.1) is 12.2 Å². The first-order valence-electron chi connectivity index (χ1n) is 6.35. The van der Waals surface area contributed by atoms with Gasteiger partial charge >= 0.3 is 0 Å². The summed E-state index contributed by atoms with van der Waals surface area (Å²) in [5, 5.41) is 19.7. The number of nitrogens with zero attached hydrogens (tertiary/aromatic N) is 2. The lowest BCUT2D eigenvalue weighted by Gasteiger charge is -2.55. The van der Waals surface area contributed by atoms with E-state index >= 15 is 0 Å². The molecule has 4 nitrogen and oxygen atoms in total. The highest BCUT2D eigenvalue weighted by atomic mass is 19.1. The second-order valence-corrected chi connectivity index (χ2v) is 5.30. The number of aromatic nitrogens is 1. The Kier molecular flexibility index (Phi) is 2.75. The van der Waals surface area contributed by atoms with Crippen LogP contribution in [0, 0.1) is 11.2 Å². The van der Waals surface area contributed by atoms with Gasteiger partial charge in [-0.15, -0.1) is 0 Å². The lowest BCUT2D eigenvalue weighted by molar-refractivity contribution is -0.177. The van der Waals surface area contributed by atoms with Crippen molar-refractivity contribution < 1.29 is 14.6 Å². The molecule has 0 bridgehead atoms. The normalized spacial score (nSPS) is 30.3. The van der Waals surface area contributed by atoms with Gasteiger partial charge < -0.3 is 15.1 Å². The fraction of sp³-hybridized carbons (Fsp3) is 0.615. The van der Waals surface area contributed by atoms with E-state index in [0.717, 1.165) is 0 Å². The number of anilines is 1. The number of hydrogen-bond donors (Lipinski definition) is 2. The van der Waals surface area contributed by atoms with E-state index in [1.165, 1.54) is 6.07 Å². The predicted octanol–water partition coefficient (Wildman–Crippen LogP) is 0.933. The van der Waals surface area contributed by atoms with Gasteiger partial charge in [-0.05, 0) is 25.0 Å². The first kappa shape index (κ1) is 11.9. The van der Waals surface area contributed by atoms with Crippen LogP contribution in [0.4, 0.5) is 10.2 Å². The molecule has 98 valence electrons. The van der Waals surface area contributed by atoms with E-state index in [0.29, 0.717) is 38.2 Å². The standard InChI is InChI=1S/C13H17FN2O2/c14-9-2-1-5-15-12(9)16-6-3-13(4-7-16)10(17)8-11(13)18/h1-2,5,10-11,17-18H,3-4,6-8H2/t10-,11+. The molecule has 1 aromatic heterocycles. The molecule has 5 heteroatoms. The SMILES string of the molecule is O[C@@H]1C[C@H](O)C12CCN(c1ncccc1F)CC2. The topological polar surface area (TPSA) is 56.6 Å². The zero-order chi connectivity index (χ0) is 12.8. The number of piperidine rings is 1. The Morgan fingerprint density at radius 3 is 2.50 bits per heavy atom. The predicted molar refractivity (Wildman–Crippen MR) is 64.7 cm³/mol. The Morgan fingerprint density at radius 1 is 1.28 bits per heavy atom. The van der Waals surface area contributed by atoms with E-state index in [9.17, 15) is 14.6 Å². The number of halogens is 1. The third-order valence-electron chi connectivity index (χ3n) is 4.51. The zero-order valence-electron chi connectivity index (χ0n) is 10.1. The average Bonchev–Trinajstić information content (AvgIpc) is 2.40. The maximum Gasteiger partial charge on any atom is 0.165 e. The first-order valence-corrected chi connectivity index (χ1v) is 6.35. The molecule has 2 fully saturated rings. The minimum absolute atomic E-state index is 0.317. The molecule has 2 N–H and O–H groups in total. The van der Waals surface area contributed by atoms with Crippen molar-refractivity contribution in [3.63, 3.8) is 0 Å². The van der Waals surface area contributed by atoms with Gasteiger partial charge in [0.25, 0.3) is 0 Å². The average molecular weight is 252 g/mol. The van der Waals surface area contributed by atoms with Crippen LogP contribution in [0.2, 0.25) is 0 Å². The van der Waals surface area contributed by atoms with Gasteiger partial charge in [0.1, 0.15) is 0 Å². The lowest BCUT2D eigenvalue weighted by Crippen LogP contribution is -2.61. The third kappa shape index (κ3) is 1.61. The number of aliphatic hydroxyl groups is 2. The van der Waals surface area contributed by atoms with Gasteiger partial charge in [0.2, 0.25) is 0 Å². The summed E-state index contributed by atoms with van der Waals surface area (Å²) >= 11 is 0. The number of pyridine rings is 1. The molecule has 0 amide bonds. The van der Waals surface area contributed by atoms with Crippen LogP contribution in [0.15, 0.2) is 18.3 Å². The molecule has 1 saturated heterocycles. The Morgan fingerprint density at radius 2 is 1.94 bits per heavy atom. The van der Waals surface area contributed by atoms with Crippen LogP contribution in [0.1, 0.15) is 19.3 Å². The number of hydrogen-bond acceptors (Lipinski definition) is 4. The third-order valence-corrected chi connectivity index (χ3v) is 4.51. The molecule has 2 aliphatic rings. The molecular weight excluding hydrogens is 235 g/mol. The maximum absolute atomic E-state index is 13.6. The van der Waals surface area contributed by atoms with Gasteiger partial charge in [-0.25, -0.2) is 9.37 Å². The van der Waals surface area contributed by atoms with Crippen LogP contribution in [-0.2, 0) is 0 Å². The summed E-state index contributed by atoms with van der Waals surface area (Å²) in [4.78, 5) is 5.94. The quantitative estimate of drug-likeness (QED) is 0.781. The highest BCUT2D eigenvalue weighted by molar-refractivity contribution is 5.40. The summed E-state index contributed by atoms with van der Waals surface area (Å²) in [5.74, 6) is 0.0545. The van der Waals surface area contributed by atoms with Crippen molar-refractivity contribution in [3.05, 3.63) is 24.1 Å². The summed E-state index contributed by atoms with van der Waals surface area (Å²) < 4.78 is 13.6. The molecular formula is C13H17FN2O2. The lowest BCUT2D eigenvalue weighted by atomic mass is 9.58. The Labute approximate surface area is 105 Å². The van der Waals surface area contributed by atoms with Crippen LogP contribution in [-0.4, -0.2) is 40.5 Å². The summed E-state index contributed by atoms with van der Waals surface area (Å²) in [6.07, 6.45) is 2.59. The summed E-state index contributed by atoms with van der Waals surface area (Å²) in [6, 6.07) is 2.98.